The largest absolute Gasteiger partial charge is 0.199 e. The van der Waals surface area contributed by atoms with Gasteiger partial charge in [-0.1, -0.05) is 0 Å². The molecule has 0 fully saturated rings. The Morgan fingerprint density at radius 3 is 0.538 bits per heavy atom. The molecular formula is C2H3B10N. The first-order valence-corrected chi connectivity index (χ1v) is 0.724. The standard InChI is InChI=1S/C2H3N.10B/c1-2-3;;;;;;;;;;/h1H3;;;;;;;;;;. The van der Waals surface area contributed by atoms with Crippen LogP contribution in [0.3, 0.4) is 0 Å². The Hall–Kier alpha value is 0.139. The van der Waals surface area contributed by atoms with Crippen LogP contribution < -0.4 is 0 Å². The van der Waals surface area contributed by atoms with Gasteiger partial charge >= 0.3 is 0 Å². The van der Waals surface area contributed by atoms with E-state index in [-0.39, 0.29) is 84.1 Å². The summed E-state index contributed by atoms with van der Waals surface area (Å²) in [4.78, 5) is 0. The predicted molar refractivity (Wildman–Crippen MR) is 68.8 cm³/mol. The van der Waals surface area contributed by atoms with Crippen LogP contribution in [0.1, 0.15) is 6.92 Å². The van der Waals surface area contributed by atoms with E-state index in [1.165, 1.54) is 6.92 Å². The molecule has 0 aliphatic heterocycles. The highest BCUT2D eigenvalue weighted by Crippen LogP contribution is 1.21. The summed E-state index contributed by atoms with van der Waals surface area (Å²) in [6.45, 7) is 1.43. The van der Waals surface area contributed by atoms with Crippen LogP contribution in [0.5, 0.6) is 0 Å². The van der Waals surface area contributed by atoms with Crippen LogP contribution in [0.25, 0.3) is 0 Å². The van der Waals surface area contributed by atoms with Crippen molar-refractivity contribution in [3.63, 3.8) is 0 Å². The van der Waals surface area contributed by atoms with Gasteiger partial charge in [-0.25, -0.2) is 0 Å². The molecule has 0 amide bonds. The van der Waals surface area contributed by atoms with Gasteiger partial charge in [0.1, 0.15) is 0 Å². The van der Waals surface area contributed by atoms with E-state index in [2.05, 4.69) is 0 Å². The van der Waals surface area contributed by atoms with Crippen LogP contribution in [-0.2, 0) is 0 Å². The summed E-state index contributed by atoms with van der Waals surface area (Å²) in [6, 6.07) is 1.75. The van der Waals surface area contributed by atoms with Crippen LogP contribution in [-0.4, -0.2) is 84.1 Å². The van der Waals surface area contributed by atoms with E-state index in [4.69, 9.17) is 5.26 Å². The average Bonchev–Trinajstić information content (AvgIpc) is 0.918. The molecule has 0 aromatic heterocycles. The van der Waals surface area contributed by atoms with Gasteiger partial charge in [0.2, 0.25) is 0 Å². The Morgan fingerprint density at radius 1 is 0.538 bits per heavy atom. The van der Waals surface area contributed by atoms with Crippen LogP contribution in [0, 0.1) is 11.3 Å². The topological polar surface area (TPSA) is 23.8 Å². The van der Waals surface area contributed by atoms with E-state index in [1.807, 2.05) is 0 Å². The van der Waals surface area contributed by atoms with E-state index in [9.17, 15) is 0 Å². The van der Waals surface area contributed by atoms with Crippen molar-refractivity contribution in [2.24, 2.45) is 0 Å². The predicted octanol–water partition coefficient (Wildman–Crippen LogP) is -3.28. The lowest BCUT2D eigenvalue weighted by Gasteiger charge is -1.15. The van der Waals surface area contributed by atoms with Crippen molar-refractivity contribution in [1.29, 1.82) is 5.26 Å². The molecule has 46 valence electrons. The minimum Gasteiger partial charge on any atom is -0.199 e. The second kappa shape index (κ2) is 1160. The van der Waals surface area contributed by atoms with E-state index in [0.29, 0.717) is 0 Å². The van der Waals surface area contributed by atoms with Crippen molar-refractivity contribution in [3.8, 4) is 6.07 Å². The molecule has 0 unspecified atom stereocenters. The van der Waals surface area contributed by atoms with E-state index >= 15 is 0 Å². The van der Waals surface area contributed by atoms with Crippen molar-refractivity contribution < 1.29 is 0 Å². The molecule has 0 rings (SSSR count). The lowest BCUT2D eigenvalue weighted by Crippen LogP contribution is -1.10. The molecule has 0 saturated heterocycles. The number of rotatable bonds is 0. The summed E-state index contributed by atoms with van der Waals surface area (Å²) in [7, 11) is 0. The molecule has 0 heterocycles. The molecule has 0 aliphatic rings. The van der Waals surface area contributed by atoms with E-state index in [0.717, 1.165) is 0 Å². The van der Waals surface area contributed by atoms with Crippen LogP contribution in [0.4, 0.5) is 0 Å². The van der Waals surface area contributed by atoms with Gasteiger partial charge in [0, 0.05) is 91.1 Å². The molecular weight excluding hydrogens is 146 g/mol. The quantitative estimate of drug-likeness (QED) is 0.331. The lowest BCUT2D eigenvalue weighted by atomic mass is 10.8. The first-order valence-electron chi connectivity index (χ1n) is 0.724. The maximum atomic E-state index is 7.32. The highest BCUT2D eigenvalue weighted by Gasteiger charge is 1.17. The number of hydrogen-bond donors (Lipinski definition) is 0. The SMILES string of the molecule is CC#N.[B].[B].[B].[B].[B].[B].[B].[B].[B].[B]. The van der Waals surface area contributed by atoms with Gasteiger partial charge in [-0.05, 0) is 0 Å². The number of nitrogens with zero attached hydrogens (tertiary/aromatic N) is 1. The lowest BCUT2D eigenvalue weighted by molar-refractivity contribution is 1.49. The molecule has 0 aromatic carbocycles. The fourth-order valence-corrected chi connectivity index (χ4v) is 0. The molecule has 0 aromatic rings. The Labute approximate surface area is 103 Å². The van der Waals surface area contributed by atoms with Gasteiger partial charge in [0.15, 0.2) is 0 Å². The van der Waals surface area contributed by atoms with Crippen LogP contribution >= 0.6 is 0 Å². The monoisotopic (exact) mass is 151 g/mol. The molecule has 0 saturated carbocycles. The third-order valence-corrected chi connectivity index (χ3v) is 0. The van der Waals surface area contributed by atoms with Crippen molar-refractivity contribution >= 4 is 84.1 Å². The molecule has 0 aliphatic carbocycles. The van der Waals surface area contributed by atoms with Gasteiger partial charge < -0.3 is 0 Å². The maximum Gasteiger partial charge on any atom is 0.0587 e. The Kier molecular flexibility index (Phi) is 37800. The second-order valence-corrected chi connectivity index (χ2v) is 0.224. The molecule has 0 atom stereocenters. The fourth-order valence-electron chi connectivity index (χ4n) is 0. The first-order chi connectivity index (χ1) is 1.41. The maximum absolute atomic E-state index is 7.32. The molecule has 30 radical (unpaired) electrons. The van der Waals surface area contributed by atoms with Gasteiger partial charge in [0.05, 0.1) is 6.07 Å². The van der Waals surface area contributed by atoms with Crippen LogP contribution in [0.2, 0.25) is 0 Å². The minimum atomic E-state index is 0. The summed E-state index contributed by atoms with van der Waals surface area (Å²) in [6.07, 6.45) is 0. The zero-order chi connectivity index (χ0) is 2.71. The summed E-state index contributed by atoms with van der Waals surface area (Å²) in [5.41, 5.74) is 0. The van der Waals surface area contributed by atoms with Crippen molar-refractivity contribution in [2.45, 2.75) is 6.92 Å². The normalized spacial score (nSPS) is 0.615. The van der Waals surface area contributed by atoms with E-state index in [1.54, 1.807) is 6.07 Å². The van der Waals surface area contributed by atoms with Crippen LogP contribution in [0.15, 0.2) is 0 Å². The van der Waals surface area contributed by atoms with Crippen molar-refractivity contribution in [3.05, 3.63) is 0 Å². The third-order valence-electron chi connectivity index (χ3n) is 0. The minimum absolute atomic E-state index is 0. The zero-order valence-electron chi connectivity index (χ0n) is 7.72. The summed E-state index contributed by atoms with van der Waals surface area (Å²) in [5.74, 6) is 0. The highest BCUT2D eigenvalue weighted by molar-refractivity contribution is 5.76. The third kappa shape index (κ3) is 64300. The summed E-state index contributed by atoms with van der Waals surface area (Å²) in [5, 5.41) is 7.32. The smallest absolute Gasteiger partial charge is 0.0587 e. The molecule has 1 nitrogen and oxygen atoms in total. The molecule has 0 N–H and O–H groups in total. The van der Waals surface area contributed by atoms with Crippen molar-refractivity contribution in [2.75, 3.05) is 0 Å². The number of hydrogen-bond acceptors (Lipinski definition) is 1. The highest BCUT2D eigenvalue weighted by atomic mass is 14.2. The molecule has 11 heteroatoms. The molecule has 13 heavy (non-hydrogen) atoms. The Bertz CT molecular complexity index is 34.4. The second-order valence-electron chi connectivity index (χ2n) is 0.224. The molecule has 0 bridgehead atoms. The van der Waals surface area contributed by atoms with Gasteiger partial charge in [-0.2, -0.15) is 5.26 Å². The fraction of sp³-hybridized carbons (Fsp3) is 0.500. The van der Waals surface area contributed by atoms with Crippen molar-refractivity contribution in [1.82, 2.24) is 0 Å². The Balaban J connectivity index is -0.000000000444. The van der Waals surface area contributed by atoms with Gasteiger partial charge in [-0.3, -0.25) is 0 Å². The molecule has 0 spiro atoms. The Morgan fingerprint density at radius 2 is 0.538 bits per heavy atom. The average molecular weight is 149 g/mol. The zero-order valence-corrected chi connectivity index (χ0v) is 7.72. The van der Waals surface area contributed by atoms with E-state index < -0.39 is 0 Å². The summed E-state index contributed by atoms with van der Waals surface area (Å²) >= 11 is 0. The van der Waals surface area contributed by atoms with Gasteiger partial charge in [0.25, 0.3) is 0 Å². The summed E-state index contributed by atoms with van der Waals surface area (Å²) < 4.78 is 0. The first kappa shape index (κ1) is 423. The number of nitriles is 1. The van der Waals surface area contributed by atoms with Gasteiger partial charge in [-0.15, -0.1) is 0 Å².